The lowest BCUT2D eigenvalue weighted by Crippen LogP contribution is -2.40. The second-order valence-electron chi connectivity index (χ2n) is 5.88. The highest BCUT2D eigenvalue weighted by Crippen LogP contribution is 2.29. The number of sulfonamides is 1. The Kier molecular flexibility index (Phi) is 5.87. The molecule has 0 bridgehead atoms. The molecule has 0 spiro atoms. The molecule has 148 valence electrons. The van der Waals surface area contributed by atoms with Crippen molar-refractivity contribution in [2.75, 3.05) is 31.7 Å². The van der Waals surface area contributed by atoms with Gasteiger partial charge in [-0.15, -0.1) is 0 Å². The van der Waals surface area contributed by atoms with Crippen molar-refractivity contribution >= 4 is 27.6 Å². The van der Waals surface area contributed by atoms with E-state index in [1.165, 1.54) is 28.7 Å². The summed E-state index contributed by atoms with van der Waals surface area (Å²) >= 11 is 0. The number of anilines is 1. The summed E-state index contributed by atoms with van der Waals surface area (Å²) in [7, 11) is -3.99. The third-order valence-corrected chi connectivity index (χ3v) is 6.03. The second kappa shape index (κ2) is 8.33. The van der Waals surface area contributed by atoms with Crippen LogP contribution in [0, 0.1) is 10.1 Å². The van der Waals surface area contributed by atoms with Crippen molar-refractivity contribution in [3.8, 4) is 5.75 Å². The van der Waals surface area contributed by atoms with Crippen LogP contribution < -0.4 is 5.43 Å². The van der Waals surface area contributed by atoms with Gasteiger partial charge in [0.2, 0.25) is 10.0 Å². The number of para-hydroxylation sites is 1. The quantitative estimate of drug-likeness (QED) is 0.424. The molecule has 2 aromatic carbocycles. The zero-order valence-corrected chi connectivity index (χ0v) is 15.5. The molecule has 0 aromatic heterocycles. The Morgan fingerprint density at radius 3 is 2.61 bits per heavy atom. The number of non-ortho nitro benzene ring substituents is 1. The van der Waals surface area contributed by atoms with Crippen molar-refractivity contribution in [2.24, 2.45) is 5.10 Å². The van der Waals surface area contributed by atoms with Crippen LogP contribution in [-0.2, 0) is 14.8 Å². The molecule has 0 aliphatic carbocycles. The van der Waals surface area contributed by atoms with Gasteiger partial charge in [-0.1, -0.05) is 12.1 Å². The molecule has 2 N–H and O–H groups in total. The van der Waals surface area contributed by atoms with E-state index in [0.29, 0.717) is 5.56 Å². The van der Waals surface area contributed by atoms with E-state index in [4.69, 9.17) is 4.74 Å². The molecule has 1 heterocycles. The molecule has 2 aromatic rings. The highest BCUT2D eigenvalue weighted by atomic mass is 32.2. The number of nitrogens with one attached hydrogen (secondary N) is 1. The third-order valence-electron chi connectivity index (χ3n) is 4.09. The van der Waals surface area contributed by atoms with Gasteiger partial charge in [0, 0.05) is 30.8 Å². The predicted molar refractivity (Wildman–Crippen MR) is 102 cm³/mol. The van der Waals surface area contributed by atoms with Crippen LogP contribution >= 0.6 is 0 Å². The van der Waals surface area contributed by atoms with E-state index < -0.39 is 14.9 Å². The van der Waals surface area contributed by atoms with Gasteiger partial charge in [-0.3, -0.25) is 15.5 Å². The molecule has 10 nitrogen and oxygen atoms in total. The van der Waals surface area contributed by atoms with Gasteiger partial charge in [0.1, 0.15) is 10.6 Å². The molecular formula is C17H18N4O6S. The number of rotatable bonds is 6. The molecule has 1 aliphatic heterocycles. The summed E-state index contributed by atoms with van der Waals surface area (Å²) in [5.74, 6) is 0.0120. The van der Waals surface area contributed by atoms with Gasteiger partial charge in [-0.25, -0.2) is 8.42 Å². The summed E-state index contributed by atoms with van der Waals surface area (Å²) in [6, 6.07) is 9.96. The first kappa shape index (κ1) is 19.7. The predicted octanol–water partition coefficient (Wildman–Crippen LogP) is 1.77. The maximum Gasteiger partial charge on any atom is 0.270 e. The minimum absolute atomic E-state index is 0.0120. The summed E-state index contributed by atoms with van der Waals surface area (Å²) in [5, 5.41) is 24.8. The van der Waals surface area contributed by atoms with Crippen LogP contribution in [0.4, 0.5) is 11.4 Å². The summed E-state index contributed by atoms with van der Waals surface area (Å²) in [4.78, 5) is 10.2. The van der Waals surface area contributed by atoms with Gasteiger partial charge in [-0.2, -0.15) is 9.41 Å². The standard InChI is InChI=1S/C17H18N4O6S/c22-16-4-2-1-3-13(16)12-18-19-15-6-5-14(21(23)24)11-17(15)28(25,26)20-7-9-27-10-8-20/h1-6,11-12,19,22H,7-10H2/b18-12+. The van der Waals surface area contributed by atoms with Crippen LogP contribution in [-0.4, -0.2) is 55.3 Å². The van der Waals surface area contributed by atoms with E-state index in [2.05, 4.69) is 10.5 Å². The molecular weight excluding hydrogens is 388 g/mol. The van der Waals surface area contributed by atoms with Gasteiger partial charge >= 0.3 is 0 Å². The van der Waals surface area contributed by atoms with Crippen LogP contribution in [0.1, 0.15) is 5.56 Å². The lowest BCUT2D eigenvalue weighted by molar-refractivity contribution is -0.385. The number of nitro groups is 1. The lowest BCUT2D eigenvalue weighted by Gasteiger charge is -2.26. The fourth-order valence-corrected chi connectivity index (χ4v) is 4.19. The van der Waals surface area contributed by atoms with Crippen LogP contribution in [0.25, 0.3) is 0 Å². The molecule has 0 saturated carbocycles. The molecule has 0 radical (unpaired) electrons. The molecule has 0 amide bonds. The van der Waals surface area contributed by atoms with Gasteiger partial charge in [-0.05, 0) is 18.2 Å². The van der Waals surface area contributed by atoms with Crippen molar-refractivity contribution in [1.29, 1.82) is 0 Å². The zero-order chi connectivity index (χ0) is 20.1. The van der Waals surface area contributed by atoms with E-state index >= 15 is 0 Å². The van der Waals surface area contributed by atoms with E-state index in [0.717, 1.165) is 6.07 Å². The summed E-state index contributed by atoms with van der Waals surface area (Å²) in [6.07, 6.45) is 1.32. The first-order chi connectivity index (χ1) is 13.4. The van der Waals surface area contributed by atoms with E-state index in [1.54, 1.807) is 18.2 Å². The van der Waals surface area contributed by atoms with Crippen molar-refractivity contribution in [3.05, 3.63) is 58.1 Å². The number of phenolic OH excluding ortho intramolecular Hbond substituents is 1. The molecule has 1 saturated heterocycles. The molecule has 28 heavy (non-hydrogen) atoms. The number of hydrazone groups is 1. The average molecular weight is 406 g/mol. The Balaban J connectivity index is 1.94. The van der Waals surface area contributed by atoms with Crippen molar-refractivity contribution in [3.63, 3.8) is 0 Å². The van der Waals surface area contributed by atoms with E-state index in [1.807, 2.05) is 0 Å². The van der Waals surface area contributed by atoms with Gasteiger partial charge in [0.25, 0.3) is 5.69 Å². The first-order valence-electron chi connectivity index (χ1n) is 8.33. The second-order valence-corrected chi connectivity index (χ2v) is 7.79. The number of ether oxygens (including phenoxy) is 1. The molecule has 11 heteroatoms. The van der Waals surface area contributed by atoms with E-state index in [-0.39, 0.29) is 48.3 Å². The number of morpholine rings is 1. The van der Waals surface area contributed by atoms with Gasteiger partial charge in [0.05, 0.1) is 30.0 Å². The largest absolute Gasteiger partial charge is 0.507 e. The minimum Gasteiger partial charge on any atom is -0.507 e. The lowest BCUT2D eigenvalue weighted by atomic mass is 10.2. The SMILES string of the molecule is O=[N+]([O-])c1ccc(N/N=C/c2ccccc2O)c(S(=O)(=O)N2CCOCC2)c1. The number of phenols is 1. The number of hydrogen-bond acceptors (Lipinski definition) is 8. The molecule has 0 atom stereocenters. The average Bonchev–Trinajstić information content (AvgIpc) is 2.70. The number of aromatic hydroxyl groups is 1. The Morgan fingerprint density at radius 1 is 1.21 bits per heavy atom. The number of nitro benzene ring substituents is 1. The highest BCUT2D eigenvalue weighted by Gasteiger charge is 2.30. The monoisotopic (exact) mass is 406 g/mol. The summed E-state index contributed by atoms with van der Waals surface area (Å²) < 4.78 is 32.4. The smallest absolute Gasteiger partial charge is 0.270 e. The van der Waals surface area contributed by atoms with Crippen LogP contribution in [0.5, 0.6) is 5.75 Å². The van der Waals surface area contributed by atoms with Crippen LogP contribution in [0.2, 0.25) is 0 Å². The fraction of sp³-hybridized carbons (Fsp3) is 0.235. The number of nitrogens with zero attached hydrogens (tertiary/aromatic N) is 3. The Labute approximate surface area is 161 Å². The highest BCUT2D eigenvalue weighted by molar-refractivity contribution is 7.89. The Hall–Kier alpha value is -3.02. The van der Waals surface area contributed by atoms with Gasteiger partial charge in [0.15, 0.2) is 0 Å². The van der Waals surface area contributed by atoms with Crippen molar-refractivity contribution in [2.45, 2.75) is 4.90 Å². The number of benzene rings is 2. The zero-order valence-electron chi connectivity index (χ0n) is 14.7. The van der Waals surface area contributed by atoms with Gasteiger partial charge < -0.3 is 9.84 Å². The number of hydrogen-bond donors (Lipinski definition) is 2. The molecule has 3 rings (SSSR count). The molecule has 1 aliphatic rings. The topological polar surface area (TPSA) is 134 Å². The first-order valence-corrected chi connectivity index (χ1v) is 9.77. The minimum atomic E-state index is -3.99. The maximum absolute atomic E-state index is 13.0. The van der Waals surface area contributed by atoms with E-state index in [9.17, 15) is 23.6 Å². The molecule has 0 unspecified atom stereocenters. The fourth-order valence-electron chi connectivity index (χ4n) is 2.62. The third kappa shape index (κ3) is 4.27. The Morgan fingerprint density at radius 2 is 1.93 bits per heavy atom. The normalized spacial score (nSPS) is 15.6. The van der Waals surface area contributed by atoms with Crippen LogP contribution in [0.15, 0.2) is 52.5 Å². The van der Waals surface area contributed by atoms with Crippen LogP contribution in [0.3, 0.4) is 0 Å². The van der Waals surface area contributed by atoms with Crippen molar-refractivity contribution < 1.29 is 23.2 Å². The summed E-state index contributed by atoms with van der Waals surface area (Å²) in [6.45, 7) is 0.821. The molecule has 1 fully saturated rings. The Bertz CT molecular complexity index is 1000. The summed E-state index contributed by atoms with van der Waals surface area (Å²) in [5.41, 5.74) is 2.77. The van der Waals surface area contributed by atoms with Crippen molar-refractivity contribution in [1.82, 2.24) is 4.31 Å². The maximum atomic E-state index is 13.0.